The normalized spacial score (nSPS) is 12.8. The van der Waals surface area contributed by atoms with Crippen molar-refractivity contribution in [1.82, 2.24) is 0 Å². The fourth-order valence-corrected chi connectivity index (χ4v) is 4.87. The lowest BCUT2D eigenvalue weighted by Crippen LogP contribution is -1.98. The van der Waals surface area contributed by atoms with Gasteiger partial charge in [-0.2, -0.15) is 0 Å². The molecule has 3 rings (SSSR count). The van der Waals surface area contributed by atoms with E-state index in [-0.39, 0.29) is 5.38 Å². The predicted molar refractivity (Wildman–Crippen MR) is 93.1 cm³/mol. The van der Waals surface area contributed by atoms with Crippen LogP contribution in [-0.4, -0.2) is 0 Å². The summed E-state index contributed by atoms with van der Waals surface area (Å²) in [7, 11) is 0. The van der Waals surface area contributed by atoms with Gasteiger partial charge in [-0.3, -0.25) is 0 Å². The molecule has 2 aromatic carbocycles. The van der Waals surface area contributed by atoms with Gasteiger partial charge < -0.3 is 0 Å². The molecule has 0 nitrogen and oxygen atoms in total. The van der Waals surface area contributed by atoms with Crippen molar-refractivity contribution in [3.05, 3.63) is 68.5 Å². The quantitative estimate of drug-likeness (QED) is 0.448. The largest absolute Gasteiger partial charge is 0.142 e. The molecule has 1 heterocycles. The number of aryl methyl sites for hydroxylation is 2. The molecule has 0 amide bonds. The van der Waals surface area contributed by atoms with Gasteiger partial charge in [-0.25, -0.2) is 0 Å². The predicted octanol–water partition coefficient (Wildman–Crippen LogP) is 6.61. The zero-order chi connectivity index (χ0) is 14.3. The van der Waals surface area contributed by atoms with Crippen molar-refractivity contribution in [2.45, 2.75) is 19.2 Å². The maximum absolute atomic E-state index is 6.81. The molecule has 3 heteroatoms. The van der Waals surface area contributed by atoms with E-state index >= 15 is 0 Å². The first-order valence-electron chi connectivity index (χ1n) is 6.45. The Labute approximate surface area is 136 Å². The molecule has 0 aliphatic carbocycles. The Bertz CT molecular complexity index is 756. The fourth-order valence-electron chi connectivity index (χ4n) is 2.62. The summed E-state index contributed by atoms with van der Waals surface area (Å²) >= 11 is 12.2. The van der Waals surface area contributed by atoms with Gasteiger partial charge in [-0.05, 0) is 68.9 Å². The average molecular weight is 366 g/mol. The number of thiophene rings is 1. The highest BCUT2D eigenvalue weighted by Gasteiger charge is 2.19. The second-order valence-electron chi connectivity index (χ2n) is 4.98. The second kappa shape index (κ2) is 5.51. The number of halogens is 2. The highest BCUT2D eigenvalue weighted by molar-refractivity contribution is 9.10. The highest BCUT2D eigenvalue weighted by atomic mass is 79.9. The molecule has 20 heavy (non-hydrogen) atoms. The van der Waals surface area contributed by atoms with Crippen LogP contribution in [0.4, 0.5) is 0 Å². The van der Waals surface area contributed by atoms with Gasteiger partial charge in [0, 0.05) is 9.17 Å². The Morgan fingerprint density at radius 3 is 2.40 bits per heavy atom. The minimum Gasteiger partial charge on any atom is -0.142 e. The van der Waals surface area contributed by atoms with Crippen LogP contribution in [-0.2, 0) is 0 Å². The SMILES string of the molecule is Cc1cccc(C)c1C(Cl)c1csc2c(Br)cccc12. The van der Waals surface area contributed by atoms with Gasteiger partial charge in [0.2, 0.25) is 0 Å². The molecule has 0 bridgehead atoms. The maximum Gasteiger partial charge on any atom is 0.0854 e. The molecule has 0 spiro atoms. The van der Waals surface area contributed by atoms with Crippen LogP contribution in [0.25, 0.3) is 10.1 Å². The van der Waals surface area contributed by atoms with E-state index in [0.29, 0.717) is 0 Å². The Morgan fingerprint density at radius 1 is 1.05 bits per heavy atom. The molecule has 0 radical (unpaired) electrons. The van der Waals surface area contributed by atoms with E-state index in [0.717, 1.165) is 4.47 Å². The van der Waals surface area contributed by atoms with Crippen LogP contribution in [0.5, 0.6) is 0 Å². The van der Waals surface area contributed by atoms with E-state index in [1.54, 1.807) is 11.3 Å². The van der Waals surface area contributed by atoms with Crippen LogP contribution < -0.4 is 0 Å². The summed E-state index contributed by atoms with van der Waals surface area (Å²) in [6, 6.07) is 12.6. The van der Waals surface area contributed by atoms with Crippen molar-refractivity contribution in [2.75, 3.05) is 0 Å². The minimum absolute atomic E-state index is 0.0979. The topological polar surface area (TPSA) is 0 Å². The molecule has 1 aromatic heterocycles. The number of hydrogen-bond donors (Lipinski definition) is 0. The Hall–Kier alpha value is -0.830. The Balaban J connectivity index is 2.18. The molecule has 0 saturated heterocycles. The highest BCUT2D eigenvalue weighted by Crippen LogP contribution is 2.41. The van der Waals surface area contributed by atoms with E-state index in [9.17, 15) is 0 Å². The van der Waals surface area contributed by atoms with E-state index in [1.807, 2.05) is 0 Å². The van der Waals surface area contributed by atoms with Crippen molar-refractivity contribution < 1.29 is 0 Å². The molecule has 0 N–H and O–H groups in total. The molecule has 1 atom stereocenters. The van der Waals surface area contributed by atoms with Crippen molar-refractivity contribution >= 4 is 49.0 Å². The molecule has 0 saturated carbocycles. The van der Waals surface area contributed by atoms with Crippen LogP contribution >= 0.6 is 38.9 Å². The average Bonchev–Trinajstić information content (AvgIpc) is 2.83. The summed E-state index contributed by atoms with van der Waals surface area (Å²) in [5, 5.41) is 3.32. The third-order valence-electron chi connectivity index (χ3n) is 3.65. The fraction of sp³-hybridized carbons (Fsp3) is 0.176. The zero-order valence-corrected chi connectivity index (χ0v) is 14.4. The number of benzene rings is 2. The monoisotopic (exact) mass is 364 g/mol. The van der Waals surface area contributed by atoms with Crippen molar-refractivity contribution in [3.63, 3.8) is 0 Å². The molecule has 0 aliphatic rings. The Kier molecular flexibility index (Phi) is 3.89. The number of alkyl halides is 1. The van der Waals surface area contributed by atoms with E-state index < -0.39 is 0 Å². The zero-order valence-electron chi connectivity index (χ0n) is 11.3. The second-order valence-corrected chi connectivity index (χ2v) is 7.15. The van der Waals surface area contributed by atoms with Crippen LogP contribution in [0, 0.1) is 13.8 Å². The number of rotatable bonds is 2. The number of fused-ring (bicyclic) bond motifs is 1. The van der Waals surface area contributed by atoms with Crippen LogP contribution in [0.1, 0.15) is 27.6 Å². The first-order chi connectivity index (χ1) is 9.59. The van der Waals surface area contributed by atoms with Gasteiger partial charge in [-0.15, -0.1) is 22.9 Å². The lowest BCUT2D eigenvalue weighted by molar-refractivity contribution is 1.10. The third-order valence-corrected chi connectivity index (χ3v) is 6.07. The third kappa shape index (κ3) is 2.30. The van der Waals surface area contributed by atoms with Crippen molar-refractivity contribution in [2.24, 2.45) is 0 Å². The van der Waals surface area contributed by atoms with Gasteiger partial charge in [0.1, 0.15) is 0 Å². The lowest BCUT2D eigenvalue weighted by atomic mass is 9.95. The van der Waals surface area contributed by atoms with Crippen LogP contribution in [0.15, 0.2) is 46.3 Å². The van der Waals surface area contributed by atoms with Crippen LogP contribution in [0.3, 0.4) is 0 Å². The molecule has 3 aromatic rings. The van der Waals surface area contributed by atoms with Crippen LogP contribution in [0.2, 0.25) is 0 Å². The van der Waals surface area contributed by atoms with Gasteiger partial charge in [-0.1, -0.05) is 30.3 Å². The minimum atomic E-state index is -0.0979. The Morgan fingerprint density at radius 2 is 1.70 bits per heavy atom. The summed E-state index contributed by atoms with van der Waals surface area (Å²) in [5.74, 6) is 0. The van der Waals surface area contributed by atoms with Crippen molar-refractivity contribution in [3.8, 4) is 0 Å². The molecule has 1 unspecified atom stereocenters. The van der Waals surface area contributed by atoms with E-state index in [4.69, 9.17) is 11.6 Å². The molecule has 102 valence electrons. The van der Waals surface area contributed by atoms with Gasteiger partial charge >= 0.3 is 0 Å². The summed E-state index contributed by atoms with van der Waals surface area (Å²) in [6.45, 7) is 4.25. The summed E-state index contributed by atoms with van der Waals surface area (Å²) in [4.78, 5) is 0. The van der Waals surface area contributed by atoms with Gasteiger partial charge in [0.25, 0.3) is 0 Å². The van der Waals surface area contributed by atoms with Crippen molar-refractivity contribution in [1.29, 1.82) is 0 Å². The van der Waals surface area contributed by atoms with E-state index in [1.165, 1.54) is 32.3 Å². The van der Waals surface area contributed by atoms with Gasteiger partial charge in [0.15, 0.2) is 0 Å². The number of hydrogen-bond acceptors (Lipinski definition) is 1. The first-order valence-corrected chi connectivity index (χ1v) is 8.56. The summed E-state index contributed by atoms with van der Waals surface area (Å²) < 4.78 is 2.40. The standard InChI is InChI=1S/C17H14BrClS/c1-10-5-3-6-11(2)15(10)16(19)13-9-20-17-12(13)7-4-8-14(17)18/h3-9,16H,1-2H3. The molecular formula is C17H14BrClS. The lowest BCUT2D eigenvalue weighted by Gasteiger charge is -2.15. The smallest absolute Gasteiger partial charge is 0.0854 e. The summed E-state index contributed by atoms with van der Waals surface area (Å²) in [5.41, 5.74) is 4.93. The molecule has 0 aliphatic heterocycles. The summed E-state index contributed by atoms with van der Waals surface area (Å²) in [6.07, 6.45) is 0. The van der Waals surface area contributed by atoms with E-state index in [2.05, 4.69) is 71.6 Å². The maximum atomic E-state index is 6.81. The first kappa shape index (κ1) is 14.1. The molecule has 0 fully saturated rings. The van der Waals surface area contributed by atoms with Gasteiger partial charge in [0.05, 0.1) is 5.38 Å². The molecular weight excluding hydrogens is 352 g/mol.